The van der Waals surface area contributed by atoms with Gasteiger partial charge in [0.25, 0.3) is 5.91 Å². The van der Waals surface area contributed by atoms with Gasteiger partial charge in [-0.2, -0.15) is 4.98 Å². The van der Waals surface area contributed by atoms with E-state index in [4.69, 9.17) is 11.6 Å². The summed E-state index contributed by atoms with van der Waals surface area (Å²) in [6, 6.07) is 23.5. The second-order valence-electron chi connectivity index (χ2n) is 8.65. The molecule has 1 amide bonds. The lowest BCUT2D eigenvalue weighted by molar-refractivity contribution is -0.113. The largest absolute Gasteiger partial charge is 0.328 e. The highest BCUT2D eigenvalue weighted by molar-refractivity contribution is 7.99. The smallest absolute Gasteiger partial charge is 0.255 e. The van der Waals surface area contributed by atoms with Crippen molar-refractivity contribution in [2.24, 2.45) is 0 Å². The second kappa shape index (κ2) is 10.6. The van der Waals surface area contributed by atoms with Crippen LogP contribution in [0.4, 0.5) is 11.6 Å². The van der Waals surface area contributed by atoms with E-state index in [1.807, 2.05) is 86.6 Å². The number of carbonyl (C=O) groups is 2. The number of nitrogens with zero attached hydrogens (tertiary/aromatic N) is 3. The molecule has 3 aromatic carbocycles. The molecule has 0 aliphatic carbocycles. The van der Waals surface area contributed by atoms with Crippen LogP contribution < -0.4 is 10.6 Å². The lowest BCUT2D eigenvalue weighted by Crippen LogP contribution is -2.31. The Balaban J connectivity index is 1.46. The second-order valence-corrected chi connectivity index (χ2v) is 10.00. The van der Waals surface area contributed by atoms with Gasteiger partial charge in [-0.1, -0.05) is 89.6 Å². The summed E-state index contributed by atoms with van der Waals surface area (Å²) >= 11 is 7.86. The lowest BCUT2D eigenvalue weighted by Gasteiger charge is -2.29. The third-order valence-corrected chi connectivity index (χ3v) is 7.20. The fraction of sp³-hybridized carbons (Fsp3) is 0.143. The highest BCUT2D eigenvalue weighted by Gasteiger charge is 2.35. The van der Waals surface area contributed by atoms with Crippen LogP contribution in [0.15, 0.2) is 95.3 Å². The molecule has 1 aliphatic heterocycles. The summed E-state index contributed by atoms with van der Waals surface area (Å²) in [5, 5.41) is 11.8. The van der Waals surface area contributed by atoms with E-state index in [9.17, 15) is 9.59 Å². The van der Waals surface area contributed by atoms with Crippen molar-refractivity contribution in [3.05, 3.63) is 112 Å². The molecule has 9 heteroatoms. The van der Waals surface area contributed by atoms with Gasteiger partial charge < -0.3 is 10.6 Å². The summed E-state index contributed by atoms with van der Waals surface area (Å²) in [6.07, 6.45) is 0. The van der Waals surface area contributed by atoms with Gasteiger partial charge in [-0.25, -0.2) is 4.68 Å². The van der Waals surface area contributed by atoms with Crippen molar-refractivity contribution in [2.75, 3.05) is 16.4 Å². The van der Waals surface area contributed by atoms with Gasteiger partial charge in [-0.15, -0.1) is 5.10 Å². The van der Waals surface area contributed by atoms with E-state index in [0.717, 1.165) is 11.1 Å². The number of fused-ring (bicyclic) bond motifs is 1. The number of aromatic nitrogens is 3. The van der Waals surface area contributed by atoms with Crippen molar-refractivity contribution in [1.82, 2.24) is 14.8 Å². The number of hydrogen-bond acceptors (Lipinski definition) is 6. The first-order chi connectivity index (χ1) is 17.9. The molecule has 0 saturated heterocycles. The number of halogens is 1. The standard InChI is InChI=1S/C28H24ClN5O2S/c1-17-12-14-19(15-13-17)23(35)16-37-28-32-27-30-18(2)24(26(36)31-20-8-4-3-5-9-20)25(34(27)33-28)21-10-6-7-11-22(21)29/h3-15,25H,16H2,1-2H3,(H,31,36)(H,30,32,33). The Bertz CT molecular complexity index is 1500. The Morgan fingerprint density at radius 3 is 2.43 bits per heavy atom. The summed E-state index contributed by atoms with van der Waals surface area (Å²) in [6.45, 7) is 3.81. The van der Waals surface area contributed by atoms with E-state index >= 15 is 0 Å². The van der Waals surface area contributed by atoms with Gasteiger partial charge in [-0.3, -0.25) is 9.59 Å². The average Bonchev–Trinajstić information content (AvgIpc) is 3.30. The summed E-state index contributed by atoms with van der Waals surface area (Å²) < 4.78 is 1.66. The highest BCUT2D eigenvalue weighted by Crippen LogP contribution is 2.39. The van der Waals surface area contributed by atoms with E-state index < -0.39 is 6.04 Å². The number of amides is 1. The molecule has 1 aromatic heterocycles. The van der Waals surface area contributed by atoms with Crippen LogP contribution in [-0.4, -0.2) is 32.2 Å². The average molecular weight is 530 g/mol. The van der Waals surface area contributed by atoms with Gasteiger partial charge in [0, 0.05) is 27.5 Å². The SMILES string of the molecule is CC1=C(C(=O)Nc2ccccc2)C(c2ccccc2Cl)n2nc(SCC(=O)c3ccc(C)cc3)nc2N1. The van der Waals surface area contributed by atoms with Crippen LogP contribution in [0.2, 0.25) is 5.02 Å². The summed E-state index contributed by atoms with van der Waals surface area (Å²) in [7, 11) is 0. The van der Waals surface area contributed by atoms with Crippen molar-refractivity contribution in [3.8, 4) is 0 Å². The van der Waals surface area contributed by atoms with E-state index in [1.54, 1.807) is 10.7 Å². The molecule has 0 radical (unpaired) electrons. The van der Waals surface area contributed by atoms with Gasteiger partial charge in [-0.05, 0) is 32.0 Å². The third-order valence-electron chi connectivity index (χ3n) is 6.02. The predicted molar refractivity (Wildman–Crippen MR) is 147 cm³/mol. The number of rotatable bonds is 7. The maximum absolute atomic E-state index is 13.5. The maximum Gasteiger partial charge on any atom is 0.255 e. The normalized spacial score (nSPS) is 14.6. The zero-order valence-electron chi connectivity index (χ0n) is 20.2. The number of hydrogen-bond donors (Lipinski definition) is 2. The number of nitrogens with one attached hydrogen (secondary N) is 2. The van der Waals surface area contributed by atoms with Crippen LogP contribution in [-0.2, 0) is 4.79 Å². The molecule has 1 aliphatic rings. The molecule has 1 unspecified atom stereocenters. The van der Waals surface area contributed by atoms with Crippen molar-refractivity contribution >= 4 is 46.7 Å². The first kappa shape index (κ1) is 24.8. The number of ketones is 1. The van der Waals surface area contributed by atoms with Crippen LogP contribution in [0.1, 0.15) is 34.5 Å². The number of anilines is 2. The fourth-order valence-corrected chi connectivity index (χ4v) is 5.11. The van der Waals surface area contributed by atoms with Gasteiger partial charge in [0.2, 0.25) is 11.1 Å². The molecular weight excluding hydrogens is 506 g/mol. The molecule has 0 fully saturated rings. The molecular formula is C28H24ClN5O2S. The molecule has 4 aromatic rings. The number of Topliss-reactive ketones (excluding diaryl/α,β-unsaturated/α-hetero) is 1. The Hall–Kier alpha value is -3.88. The van der Waals surface area contributed by atoms with E-state index in [2.05, 4.69) is 20.7 Å². The number of aryl methyl sites for hydroxylation is 1. The Kier molecular flexibility index (Phi) is 7.12. The zero-order valence-corrected chi connectivity index (χ0v) is 21.8. The quantitative estimate of drug-likeness (QED) is 0.221. The number of thioether (sulfide) groups is 1. The lowest BCUT2D eigenvalue weighted by atomic mass is 9.95. The first-order valence-electron chi connectivity index (χ1n) is 11.7. The van der Waals surface area contributed by atoms with Crippen LogP contribution in [0.5, 0.6) is 0 Å². The molecule has 37 heavy (non-hydrogen) atoms. The minimum atomic E-state index is -0.608. The van der Waals surface area contributed by atoms with E-state index in [1.165, 1.54) is 11.8 Å². The number of benzene rings is 3. The summed E-state index contributed by atoms with van der Waals surface area (Å²) in [5.41, 5.74) is 4.26. The van der Waals surface area contributed by atoms with Crippen molar-refractivity contribution in [1.29, 1.82) is 0 Å². The topological polar surface area (TPSA) is 88.9 Å². The van der Waals surface area contributed by atoms with Crippen LogP contribution in [0.25, 0.3) is 0 Å². The van der Waals surface area contributed by atoms with E-state index in [0.29, 0.717) is 38.6 Å². The minimum Gasteiger partial charge on any atom is -0.328 e. The summed E-state index contributed by atoms with van der Waals surface area (Å²) in [4.78, 5) is 30.8. The molecule has 0 saturated carbocycles. The molecule has 2 heterocycles. The molecule has 5 rings (SSSR count). The Labute approximate surface area is 224 Å². The Morgan fingerprint density at radius 1 is 1.00 bits per heavy atom. The van der Waals surface area contributed by atoms with Crippen LogP contribution in [0, 0.1) is 6.92 Å². The Morgan fingerprint density at radius 2 is 1.70 bits per heavy atom. The number of para-hydroxylation sites is 1. The van der Waals surface area contributed by atoms with Gasteiger partial charge in [0.05, 0.1) is 11.3 Å². The monoisotopic (exact) mass is 529 g/mol. The molecule has 1 atom stereocenters. The molecule has 7 nitrogen and oxygen atoms in total. The van der Waals surface area contributed by atoms with E-state index in [-0.39, 0.29) is 17.4 Å². The third kappa shape index (κ3) is 5.30. The first-order valence-corrected chi connectivity index (χ1v) is 13.0. The fourth-order valence-electron chi connectivity index (χ4n) is 4.14. The van der Waals surface area contributed by atoms with Gasteiger partial charge in [0.1, 0.15) is 6.04 Å². The molecule has 2 N–H and O–H groups in total. The van der Waals surface area contributed by atoms with Crippen LogP contribution >= 0.6 is 23.4 Å². The minimum absolute atomic E-state index is 0.00869. The predicted octanol–water partition coefficient (Wildman–Crippen LogP) is 6.14. The highest BCUT2D eigenvalue weighted by atomic mass is 35.5. The van der Waals surface area contributed by atoms with Gasteiger partial charge in [0.15, 0.2) is 5.78 Å². The van der Waals surface area contributed by atoms with Crippen molar-refractivity contribution < 1.29 is 9.59 Å². The van der Waals surface area contributed by atoms with Crippen molar-refractivity contribution in [3.63, 3.8) is 0 Å². The molecule has 0 bridgehead atoms. The van der Waals surface area contributed by atoms with Gasteiger partial charge >= 0.3 is 0 Å². The summed E-state index contributed by atoms with van der Waals surface area (Å²) in [5.74, 6) is 0.387. The number of allylic oxidation sites excluding steroid dienone is 1. The van der Waals surface area contributed by atoms with Crippen LogP contribution in [0.3, 0.4) is 0 Å². The number of carbonyl (C=O) groups excluding carboxylic acids is 2. The molecule has 186 valence electrons. The zero-order chi connectivity index (χ0) is 25.9. The molecule has 0 spiro atoms. The van der Waals surface area contributed by atoms with Crippen molar-refractivity contribution in [2.45, 2.75) is 25.0 Å². The maximum atomic E-state index is 13.5.